The number of hydrogen-bond donors (Lipinski definition) is 0. The third-order valence-corrected chi connectivity index (χ3v) is 4.82. The second-order valence-corrected chi connectivity index (χ2v) is 6.04. The Morgan fingerprint density at radius 3 is 2.50 bits per heavy atom. The number of rotatable bonds is 1. The largest absolute Gasteiger partial charge is 0.294 e. The van der Waals surface area contributed by atoms with E-state index in [4.69, 9.17) is 0 Å². The Labute approximate surface area is 111 Å². The van der Waals surface area contributed by atoms with Gasteiger partial charge < -0.3 is 0 Å². The van der Waals surface area contributed by atoms with Gasteiger partial charge in [0, 0.05) is 24.0 Å². The maximum absolute atomic E-state index is 4.38. The second kappa shape index (κ2) is 4.55. The molecule has 1 aromatic carbocycles. The second-order valence-electron chi connectivity index (χ2n) is 6.04. The summed E-state index contributed by atoms with van der Waals surface area (Å²) in [6, 6.07) is 13.0. The highest BCUT2D eigenvalue weighted by Crippen LogP contribution is 2.45. The maximum atomic E-state index is 4.38. The molecule has 0 aromatic heterocycles. The lowest BCUT2D eigenvalue weighted by Crippen LogP contribution is -2.48. The molecule has 0 amide bonds. The predicted octanol–water partition coefficient (Wildman–Crippen LogP) is 3.97. The van der Waals surface area contributed by atoms with Crippen LogP contribution in [-0.4, -0.2) is 23.0 Å². The van der Waals surface area contributed by atoms with E-state index in [0.717, 1.165) is 12.5 Å². The third kappa shape index (κ3) is 1.81. The SMILES string of the molecule is C=C1C[C@H](C)N2[C@H](CC[C@@H]2C)[C@@H]1c1ccccc1. The van der Waals surface area contributed by atoms with Crippen LogP contribution in [0.25, 0.3) is 0 Å². The summed E-state index contributed by atoms with van der Waals surface area (Å²) in [5.74, 6) is 0.548. The molecule has 0 saturated carbocycles. The van der Waals surface area contributed by atoms with Crippen molar-refractivity contribution in [1.82, 2.24) is 4.90 Å². The number of hydrogen-bond acceptors (Lipinski definition) is 1. The van der Waals surface area contributed by atoms with Gasteiger partial charge in [0.1, 0.15) is 0 Å². The Kier molecular flexibility index (Phi) is 3.03. The standard InChI is InChI=1S/C17H23N/c1-12-11-14(3)18-13(2)9-10-16(18)17(12)15-7-5-4-6-8-15/h4-8,13-14,16-17H,1,9-11H2,2-3H3/t13-,14-,16+,17-/m0/s1. The van der Waals surface area contributed by atoms with Crippen LogP contribution in [0.5, 0.6) is 0 Å². The minimum absolute atomic E-state index is 0.548. The first-order chi connectivity index (χ1) is 8.68. The zero-order valence-electron chi connectivity index (χ0n) is 11.5. The van der Waals surface area contributed by atoms with E-state index in [-0.39, 0.29) is 0 Å². The lowest BCUT2D eigenvalue weighted by Gasteiger charge is -2.45. The first kappa shape index (κ1) is 12.0. The van der Waals surface area contributed by atoms with Crippen LogP contribution in [0.2, 0.25) is 0 Å². The van der Waals surface area contributed by atoms with Crippen molar-refractivity contribution in [2.45, 2.75) is 57.2 Å². The molecule has 0 spiro atoms. The molecule has 0 aliphatic carbocycles. The summed E-state index contributed by atoms with van der Waals surface area (Å²) in [5.41, 5.74) is 2.89. The van der Waals surface area contributed by atoms with Gasteiger partial charge in [-0.3, -0.25) is 4.90 Å². The summed E-state index contributed by atoms with van der Waals surface area (Å²) < 4.78 is 0. The summed E-state index contributed by atoms with van der Waals surface area (Å²) in [7, 11) is 0. The van der Waals surface area contributed by atoms with Crippen LogP contribution in [0.1, 0.15) is 44.6 Å². The van der Waals surface area contributed by atoms with Gasteiger partial charge in [0.05, 0.1) is 0 Å². The van der Waals surface area contributed by atoms with Crippen molar-refractivity contribution < 1.29 is 0 Å². The van der Waals surface area contributed by atoms with Crippen molar-refractivity contribution in [3.8, 4) is 0 Å². The summed E-state index contributed by atoms with van der Waals surface area (Å²) in [4.78, 5) is 2.74. The lowest BCUT2D eigenvalue weighted by molar-refractivity contribution is 0.110. The van der Waals surface area contributed by atoms with Crippen molar-refractivity contribution in [1.29, 1.82) is 0 Å². The molecule has 1 aromatic rings. The van der Waals surface area contributed by atoms with E-state index in [1.54, 1.807) is 0 Å². The molecular formula is C17H23N. The van der Waals surface area contributed by atoms with Crippen LogP contribution < -0.4 is 0 Å². The molecule has 1 nitrogen and oxygen atoms in total. The molecule has 0 unspecified atom stereocenters. The van der Waals surface area contributed by atoms with Crippen molar-refractivity contribution in [2.24, 2.45) is 0 Å². The first-order valence-electron chi connectivity index (χ1n) is 7.18. The Bertz CT molecular complexity index is 436. The predicted molar refractivity (Wildman–Crippen MR) is 76.7 cm³/mol. The van der Waals surface area contributed by atoms with Crippen molar-refractivity contribution in [2.75, 3.05) is 0 Å². The van der Waals surface area contributed by atoms with Crippen LogP contribution >= 0.6 is 0 Å². The normalized spacial score (nSPS) is 36.7. The maximum Gasteiger partial charge on any atom is 0.0208 e. The van der Waals surface area contributed by atoms with Crippen LogP contribution in [-0.2, 0) is 0 Å². The van der Waals surface area contributed by atoms with Gasteiger partial charge in [0.15, 0.2) is 0 Å². The van der Waals surface area contributed by atoms with Crippen molar-refractivity contribution in [3.63, 3.8) is 0 Å². The first-order valence-corrected chi connectivity index (χ1v) is 7.18. The van der Waals surface area contributed by atoms with E-state index in [9.17, 15) is 0 Å². The minimum Gasteiger partial charge on any atom is -0.294 e. The average molecular weight is 241 g/mol. The van der Waals surface area contributed by atoms with Gasteiger partial charge in [-0.15, -0.1) is 0 Å². The van der Waals surface area contributed by atoms with Gasteiger partial charge in [-0.2, -0.15) is 0 Å². The Hall–Kier alpha value is -1.08. The van der Waals surface area contributed by atoms with Crippen molar-refractivity contribution in [3.05, 3.63) is 48.0 Å². The number of benzene rings is 1. The van der Waals surface area contributed by atoms with E-state index in [1.165, 1.54) is 24.0 Å². The van der Waals surface area contributed by atoms with Gasteiger partial charge in [-0.1, -0.05) is 42.5 Å². The van der Waals surface area contributed by atoms with Gasteiger partial charge in [0.2, 0.25) is 0 Å². The molecule has 0 radical (unpaired) electrons. The van der Waals surface area contributed by atoms with E-state index < -0.39 is 0 Å². The fourth-order valence-electron chi connectivity index (χ4n) is 4.14. The summed E-state index contributed by atoms with van der Waals surface area (Å²) in [6.45, 7) is 9.13. The van der Waals surface area contributed by atoms with Crippen LogP contribution in [0.4, 0.5) is 0 Å². The highest BCUT2D eigenvalue weighted by Gasteiger charge is 2.43. The van der Waals surface area contributed by atoms with Crippen LogP contribution in [0, 0.1) is 0 Å². The molecular weight excluding hydrogens is 218 g/mol. The fourth-order valence-corrected chi connectivity index (χ4v) is 4.14. The highest BCUT2D eigenvalue weighted by atomic mass is 15.2. The van der Waals surface area contributed by atoms with E-state index >= 15 is 0 Å². The molecule has 2 aliphatic rings. The molecule has 2 saturated heterocycles. The van der Waals surface area contributed by atoms with E-state index in [1.807, 2.05) is 0 Å². The molecule has 0 bridgehead atoms. The summed E-state index contributed by atoms with van der Waals surface area (Å²) in [6.07, 6.45) is 3.82. The molecule has 0 N–H and O–H groups in total. The minimum atomic E-state index is 0.548. The molecule has 1 heteroatoms. The number of fused-ring (bicyclic) bond motifs is 1. The lowest BCUT2D eigenvalue weighted by atomic mass is 9.78. The van der Waals surface area contributed by atoms with Gasteiger partial charge in [0.25, 0.3) is 0 Å². The topological polar surface area (TPSA) is 3.24 Å². The smallest absolute Gasteiger partial charge is 0.0208 e. The Balaban J connectivity index is 1.96. The quantitative estimate of drug-likeness (QED) is 0.672. The number of piperidine rings is 1. The molecule has 18 heavy (non-hydrogen) atoms. The zero-order valence-corrected chi connectivity index (χ0v) is 11.5. The Morgan fingerprint density at radius 2 is 1.78 bits per heavy atom. The highest BCUT2D eigenvalue weighted by molar-refractivity contribution is 5.33. The van der Waals surface area contributed by atoms with E-state index in [2.05, 4.69) is 55.7 Å². The molecule has 4 atom stereocenters. The molecule has 96 valence electrons. The molecule has 2 fully saturated rings. The molecule has 2 heterocycles. The number of nitrogens with zero attached hydrogens (tertiary/aromatic N) is 1. The van der Waals surface area contributed by atoms with Gasteiger partial charge >= 0.3 is 0 Å². The average Bonchev–Trinajstić information content (AvgIpc) is 2.73. The van der Waals surface area contributed by atoms with Crippen LogP contribution in [0.15, 0.2) is 42.5 Å². The molecule has 3 rings (SSSR count). The summed E-state index contributed by atoms with van der Waals surface area (Å²) >= 11 is 0. The third-order valence-electron chi connectivity index (χ3n) is 4.82. The summed E-state index contributed by atoms with van der Waals surface area (Å²) in [5, 5.41) is 0. The van der Waals surface area contributed by atoms with E-state index in [0.29, 0.717) is 18.0 Å². The van der Waals surface area contributed by atoms with Gasteiger partial charge in [-0.05, 0) is 38.7 Å². The Morgan fingerprint density at radius 1 is 1.06 bits per heavy atom. The monoisotopic (exact) mass is 241 g/mol. The fraction of sp³-hybridized carbons (Fsp3) is 0.529. The zero-order chi connectivity index (χ0) is 12.7. The molecule has 2 aliphatic heterocycles. The van der Waals surface area contributed by atoms with Gasteiger partial charge in [-0.25, -0.2) is 0 Å². The van der Waals surface area contributed by atoms with Crippen molar-refractivity contribution >= 4 is 0 Å². The van der Waals surface area contributed by atoms with Crippen LogP contribution in [0.3, 0.4) is 0 Å².